The van der Waals surface area contributed by atoms with Crippen LogP contribution in [0.1, 0.15) is 59.4 Å². The van der Waals surface area contributed by atoms with Crippen LogP contribution in [0.15, 0.2) is 53.4 Å². The van der Waals surface area contributed by atoms with Crippen molar-refractivity contribution in [2.75, 3.05) is 45.5 Å². The highest BCUT2D eigenvalue weighted by Crippen LogP contribution is 2.34. The Hall–Kier alpha value is -3.15. The molecule has 0 heterocycles. The fourth-order valence-corrected chi connectivity index (χ4v) is 6.13. The van der Waals surface area contributed by atoms with Crippen molar-refractivity contribution in [3.8, 4) is 18.6 Å². The van der Waals surface area contributed by atoms with E-state index in [1.165, 1.54) is 28.6 Å². The number of hydrogen-bond acceptors (Lipinski definition) is 8. The molecule has 0 radical (unpaired) electrons. The van der Waals surface area contributed by atoms with Crippen LogP contribution in [0.2, 0.25) is 0 Å². The van der Waals surface area contributed by atoms with Crippen molar-refractivity contribution >= 4 is 29.4 Å². The molecule has 0 fully saturated rings. The molecule has 0 unspecified atom stereocenters. The lowest BCUT2D eigenvalue weighted by atomic mass is 10.0. The monoisotopic (exact) mass is 717 g/mol. The van der Waals surface area contributed by atoms with Gasteiger partial charge in [-0.1, -0.05) is 53.2 Å². The molecule has 1 amide bonds. The highest BCUT2D eigenvalue weighted by Gasteiger charge is 2.27. The first-order valence-corrected chi connectivity index (χ1v) is 18.9. The lowest BCUT2D eigenvalue weighted by Crippen LogP contribution is -2.41. The minimum absolute atomic E-state index is 0.0112. The quantitative estimate of drug-likeness (QED) is 0.0686. The standard InChI is InChI=1S/C22H32N3O8PS.C7H16O2.C2H6.C2H2/c1-16(2)14-25(12-11-19(24-22(26)27)13-17-3-5-18(23)6-4-17)35(31,32)21-9-7-20(8-10-21)33-15-34(28,29)30;1-3-7(4-5-8)6-9-2;2*1-2/h3-10,16,19,24H,11-15,23H2,1-2H3,(H,26,27)(H2,28,29,30);7-8H,3-6H2,1-2H3;1-2H3;1-2H/t19-;7-;;/m11../s1. The number of nitrogen functional groups attached to an aromatic ring is 1. The fourth-order valence-electron chi connectivity index (χ4n) is 4.19. The lowest BCUT2D eigenvalue weighted by molar-refractivity contribution is 0.131. The Labute approximate surface area is 287 Å². The fraction of sp³-hybridized carbons (Fsp3) is 0.545. The van der Waals surface area contributed by atoms with Crippen LogP contribution in [0.4, 0.5) is 10.5 Å². The van der Waals surface area contributed by atoms with Gasteiger partial charge in [0.05, 0.1) is 4.90 Å². The molecule has 0 aliphatic rings. The molecule has 0 aliphatic heterocycles. The molecule has 2 aromatic rings. The predicted molar refractivity (Wildman–Crippen MR) is 190 cm³/mol. The molecule has 0 aliphatic carbocycles. The van der Waals surface area contributed by atoms with Gasteiger partial charge in [0.15, 0.2) is 6.35 Å². The molecule has 0 aromatic heterocycles. The second kappa shape index (κ2) is 25.8. The van der Waals surface area contributed by atoms with E-state index < -0.39 is 36.1 Å². The maximum absolute atomic E-state index is 13.3. The highest BCUT2D eigenvalue weighted by molar-refractivity contribution is 7.89. The van der Waals surface area contributed by atoms with E-state index in [0.717, 1.165) is 25.0 Å². The zero-order valence-electron chi connectivity index (χ0n) is 29.0. The summed E-state index contributed by atoms with van der Waals surface area (Å²) in [7, 11) is -6.60. The summed E-state index contributed by atoms with van der Waals surface area (Å²) in [6.07, 6.45) is 8.55. The Morgan fingerprint density at radius 3 is 2.04 bits per heavy atom. The molecule has 274 valence electrons. The van der Waals surface area contributed by atoms with Gasteiger partial charge in [-0.3, -0.25) is 4.57 Å². The number of hydrogen-bond donors (Lipinski definition) is 6. The number of rotatable bonds is 18. The third-order valence-electron chi connectivity index (χ3n) is 6.46. The van der Waals surface area contributed by atoms with Gasteiger partial charge < -0.3 is 40.5 Å². The van der Waals surface area contributed by atoms with Crippen LogP contribution < -0.4 is 15.8 Å². The van der Waals surface area contributed by atoms with Crippen LogP contribution in [0.5, 0.6) is 5.75 Å². The average Bonchev–Trinajstić information content (AvgIpc) is 3.04. The van der Waals surface area contributed by atoms with E-state index in [0.29, 0.717) is 18.0 Å². The van der Waals surface area contributed by atoms with Gasteiger partial charge >= 0.3 is 13.7 Å². The molecule has 15 heteroatoms. The molecule has 0 bridgehead atoms. The van der Waals surface area contributed by atoms with E-state index in [1.807, 2.05) is 27.7 Å². The Bertz CT molecular complexity index is 1300. The molecule has 0 saturated heterocycles. The zero-order chi connectivity index (χ0) is 37.3. The number of nitrogens with zero attached hydrogens (tertiary/aromatic N) is 1. The van der Waals surface area contributed by atoms with Crippen molar-refractivity contribution in [1.29, 1.82) is 0 Å². The Morgan fingerprint density at radius 1 is 1.04 bits per heavy atom. The van der Waals surface area contributed by atoms with Gasteiger partial charge in [-0.25, -0.2) is 13.2 Å². The number of terminal acetylenes is 1. The van der Waals surface area contributed by atoms with Crippen molar-refractivity contribution in [3.05, 3.63) is 54.1 Å². The molecule has 48 heavy (non-hydrogen) atoms. The number of sulfonamides is 1. The number of nitrogens with two attached hydrogens (primary N) is 1. The van der Waals surface area contributed by atoms with E-state index >= 15 is 0 Å². The second-order valence-electron chi connectivity index (χ2n) is 10.8. The number of anilines is 1. The number of methoxy groups -OCH3 is 1. The van der Waals surface area contributed by atoms with Crippen LogP contribution in [0.3, 0.4) is 0 Å². The molecule has 7 N–H and O–H groups in total. The Kier molecular flexibility index (Phi) is 25.3. The van der Waals surface area contributed by atoms with Crippen LogP contribution in [0.25, 0.3) is 0 Å². The Morgan fingerprint density at radius 2 is 1.60 bits per heavy atom. The van der Waals surface area contributed by atoms with E-state index in [4.69, 9.17) is 30.1 Å². The average molecular weight is 718 g/mol. The van der Waals surface area contributed by atoms with Gasteiger partial charge in [0.1, 0.15) is 5.75 Å². The molecular formula is C33H56N3O10PS. The van der Waals surface area contributed by atoms with E-state index in [1.54, 1.807) is 31.4 Å². The normalized spacial score (nSPS) is 12.3. The topological polar surface area (TPSA) is 209 Å². The SMILES string of the molecule is C#C.CC.CC(C)CN(CC[C@H](Cc1ccc(N)cc1)NC(=O)O)S(=O)(=O)c1ccc(OCP(=O)(O)O)cc1.CC[C@H](CCO)COC. The minimum Gasteiger partial charge on any atom is -0.481 e. The summed E-state index contributed by atoms with van der Waals surface area (Å²) < 4.78 is 48.9. The first-order valence-electron chi connectivity index (χ1n) is 15.7. The summed E-state index contributed by atoms with van der Waals surface area (Å²) in [5, 5.41) is 20.2. The minimum atomic E-state index is -4.37. The molecule has 0 spiro atoms. The third-order valence-corrected chi connectivity index (χ3v) is 8.81. The van der Waals surface area contributed by atoms with Crippen molar-refractivity contribution in [2.24, 2.45) is 11.8 Å². The first-order chi connectivity index (χ1) is 22.6. The van der Waals surface area contributed by atoms with Crippen LogP contribution >= 0.6 is 7.60 Å². The summed E-state index contributed by atoms with van der Waals surface area (Å²) in [4.78, 5) is 29.1. The smallest absolute Gasteiger partial charge is 0.404 e. The number of amides is 1. The summed E-state index contributed by atoms with van der Waals surface area (Å²) >= 11 is 0. The summed E-state index contributed by atoms with van der Waals surface area (Å²) in [5.74, 6) is 0.676. The van der Waals surface area contributed by atoms with E-state index in [-0.39, 0.29) is 42.7 Å². The van der Waals surface area contributed by atoms with Gasteiger partial charge in [0.25, 0.3) is 0 Å². The lowest BCUT2D eigenvalue weighted by Gasteiger charge is -2.26. The van der Waals surface area contributed by atoms with Crippen molar-refractivity contribution in [1.82, 2.24) is 9.62 Å². The van der Waals surface area contributed by atoms with E-state index in [9.17, 15) is 22.9 Å². The van der Waals surface area contributed by atoms with Gasteiger partial charge in [-0.2, -0.15) is 4.31 Å². The maximum Gasteiger partial charge on any atom is 0.404 e. The van der Waals surface area contributed by atoms with E-state index in [2.05, 4.69) is 25.1 Å². The van der Waals surface area contributed by atoms with Crippen LogP contribution in [-0.4, -0.2) is 84.6 Å². The highest BCUT2D eigenvalue weighted by atomic mass is 32.2. The first kappa shape index (κ1) is 47.0. The number of carbonyl (C=O) groups is 1. The molecule has 2 aromatic carbocycles. The number of carboxylic acid groups (broad SMARTS) is 1. The van der Waals surface area contributed by atoms with Crippen molar-refractivity contribution < 1.29 is 47.3 Å². The van der Waals surface area contributed by atoms with Gasteiger partial charge in [-0.15, -0.1) is 12.8 Å². The van der Waals surface area contributed by atoms with Crippen molar-refractivity contribution in [2.45, 2.75) is 71.2 Å². The number of aliphatic hydroxyl groups excluding tert-OH is 1. The molecule has 0 saturated carbocycles. The van der Waals surface area contributed by atoms with Crippen molar-refractivity contribution in [3.63, 3.8) is 0 Å². The number of nitrogens with one attached hydrogen (secondary N) is 1. The number of benzene rings is 2. The maximum atomic E-state index is 13.3. The van der Waals surface area contributed by atoms with Crippen LogP contribution in [-0.2, 0) is 25.7 Å². The largest absolute Gasteiger partial charge is 0.481 e. The Balaban J connectivity index is 0. The molecular weight excluding hydrogens is 661 g/mol. The molecule has 2 atom stereocenters. The number of ether oxygens (including phenoxy) is 2. The summed E-state index contributed by atoms with van der Waals surface area (Å²) in [6, 6.07) is 11.8. The van der Waals surface area contributed by atoms with Gasteiger partial charge in [0.2, 0.25) is 10.0 Å². The zero-order valence-corrected chi connectivity index (χ0v) is 30.7. The van der Waals surface area contributed by atoms with Crippen LogP contribution in [0, 0.1) is 24.7 Å². The molecule has 13 nitrogen and oxygen atoms in total. The second-order valence-corrected chi connectivity index (χ2v) is 14.3. The summed E-state index contributed by atoms with van der Waals surface area (Å²) in [5.41, 5.74) is 7.16. The predicted octanol–water partition coefficient (Wildman–Crippen LogP) is 5.02. The van der Waals surface area contributed by atoms with Gasteiger partial charge in [0, 0.05) is 45.1 Å². The number of aliphatic hydroxyl groups is 1. The summed E-state index contributed by atoms with van der Waals surface area (Å²) in [6.45, 7) is 11.2. The third kappa shape index (κ3) is 21.0. The molecule has 2 rings (SSSR count). The van der Waals surface area contributed by atoms with Gasteiger partial charge in [-0.05, 0) is 73.1 Å².